The average Bonchev–Trinajstić information content (AvgIpc) is 2.39. The van der Waals surface area contributed by atoms with E-state index in [1.165, 1.54) is 12.1 Å². The fraction of sp³-hybridized carbons (Fsp3) is 0.538. The number of rotatable bonds is 4. The summed E-state index contributed by atoms with van der Waals surface area (Å²) in [6, 6.07) is 2.98. The maximum Gasteiger partial charge on any atom is 0.339 e. The van der Waals surface area contributed by atoms with Crippen molar-refractivity contribution in [1.82, 2.24) is 4.98 Å². The number of ether oxygens (including phenoxy) is 1. The van der Waals surface area contributed by atoms with E-state index in [2.05, 4.69) is 4.98 Å². The lowest BCUT2D eigenvalue weighted by atomic mass is 10.0. The van der Waals surface area contributed by atoms with Crippen molar-refractivity contribution in [2.24, 2.45) is 5.92 Å². The number of halogens is 1. The molecule has 0 bridgehead atoms. The van der Waals surface area contributed by atoms with Gasteiger partial charge in [0.15, 0.2) is 0 Å². The molecule has 6 heteroatoms. The van der Waals surface area contributed by atoms with Crippen LogP contribution in [-0.2, 0) is 4.74 Å². The second-order valence-electron chi connectivity index (χ2n) is 4.77. The lowest BCUT2D eigenvalue weighted by Gasteiger charge is -2.28. The number of hydrogen-bond acceptors (Lipinski definition) is 4. The Bertz CT molecular complexity index is 461. The van der Waals surface area contributed by atoms with Crippen LogP contribution in [0.3, 0.4) is 0 Å². The molecule has 19 heavy (non-hydrogen) atoms. The van der Waals surface area contributed by atoms with Gasteiger partial charge in [0.05, 0.1) is 6.61 Å². The van der Waals surface area contributed by atoms with Gasteiger partial charge in [-0.25, -0.2) is 9.78 Å². The number of carboxylic acids is 1. The van der Waals surface area contributed by atoms with Gasteiger partial charge >= 0.3 is 5.97 Å². The highest BCUT2D eigenvalue weighted by atomic mass is 35.5. The van der Waals surface area contributed by atoms with Crippen LogP contribution >= 0.6 is 11.6 Å². The topological polar surface area (TPSA) is 62.7 Å². The molecular formula is C13H17ClN2O3. The first-order valence-electron chi connectivity index (χ1n) is 6.26. The molecule has 0 amide bonds. The van der Waals surface area contributed by atoms with E-state index < -0.39 is 5.97 Å². The van der Waals surface area contributed by atoms with Gasteiger partial charge in [0.25, 0.3) is 0 Å². The van der Waals surface area contributed by atoms with Crippen molar-refractivity contribution >= 4 is 23.4 Å². The summed E-state index contributed by atoms with van der Waals surface area (Å²) in [5, 5.41) is 9.47. The molecule has 1 aliphatic heterocycles. The lowest BCUT2D eigenvalue weighted by molar-refractivity contribution is 0.0575. The molecule has 1 aliphatic rings. The number of pyridine rings is 1. The van der Waals surface area contributed by atoms with Gasteiger partial charge in [0, 0.05) is 20.2 Å². The van der Waals surface area contributed by atoms with Crippen LogP contribution in [0.25, 0.3) is 0 Å². The lowest BCUT2D eigenvalue weighted by Crippen LogP contribution is -2.32. The Morgan fingerprint density at radius 1 is 1.63 bits per heavy atom. The van der Waals surface area contributed by atoms with Crippen molar-refractivity contribution in [3.8, 4) is 0 Å². The molecule has 1 unspecified atom stereocenters. The largest absolute Gasteiger partial charge is 0.478 e. The van der Waals surface area contributed by atoms with Gasteiger partial charge in [-0.2, -0.15) is 0 Å². The van der Waals surface area contributed by atoms with E-state index >= 15 is 0 Å². The summed E-state index contributed by atoms with van der Waals surface area (Å²) >= 11 is 5.85. The van der Waals surface area contributed by atoms with Crippen LogP contribution < -0.4 is 4.90 Å². The maximum atomic E-state index is 11.2. The molecule has 1 atom stereocenters. The fourth-order valence-electron chi connectivity index (χ4n) is 2.31. The molecule has 0 spiro atoms. The third-order valence-electron chi connectivity index (χ3n) is 3.22. The molecule has 104 valence electrons. The Morgan fingerprint density at radius 2 is 2.42 bits per heavy atom. The summed E-state index contributed by atoms with van der Waals surface area (Å²) < 4.78 is 5.43. The smallest absolute Gasteiger partial charge is 0.339 e. The molecule has 5 nitrogen and oxygen atoms in total. The number of anilines is 1. The zero-order valence-electron chi connectivity index (χ0n) is 10.8. The van der Waals surface area contributed by atoms with Crippen LogP contribution in [0.2, 0.25) is 5.15 Å². The number of aromatic carboxylic acids is 1. The highest BCUT2D eigenvalue weighted by Crippen LogP contribution is 2.23. The standard InChI is InChI=1S/C13H17ClN2O3/c1-16(7-9-3-2-6-19-8-9)12-10(13(17)18)4-5-11(14)15-12/h4-5,9H,2-3,6-8H2,1H3,(H,17,18). The van der Waals surface area contributed by atoms with E-state index in [0.29, 0.717) is 30.0 Å². The van der Waals surface area contributed by atoms with E-state index in [1.54, 1.807) is 0 Å². The number of nitrogens with zero attached hydrogens (tertiary/aromatic N) is 2. The van der Waals surface area contributed by atoms with Crippen molar-refractivity contribution in [2.45, 2.75) is 12.8 Å². The average molecular weight is 285 g/mol. The van der Waals surface area contributed by atoms with Crippen molar-refractivity contribution in [3.05, 3.63) is 22.8 Å². The quantitative estimate of drug-likeness (QED) is 0.860. The minimum absolute atomic E-state index is 0.170. The van der Waals surface area contributed by atoms with Crippen molar-refractivity contribution < 1.29 is 14.6 Å². The fourth-order valence-corrected chi connectivity index (χ4v) is 2.45. The molecule has 1 aromatic rings. The van der Waals surface area contributed by atoms with Crippen LogP contribution in [0.15, 0.2) is 12.1 Å². The number of aromatic nitrogens is 1. The summed E-state index contributed by atoms with van der Waals surface area (Å²) in [5.41, 5.74) is 0.170. The van der Waals surface area contributed by atoms with E-state index in [0.717, 1.165) is 19.4 Å². The predicted molar refractivity (Wildman–Crippen MR) is 73.0 cm³/mol. The van der Waals surface area contributed by atoms with Crippen LogP contribution in [0, 0.1) is 5.92 Å². The Morgan fingerprint density at radius 3 is 3.05 bits per heavy atom. The van der Waals surface area contributed by atoms with Crippen LogP contribution in [-0.4, -0.2) is 42.9 Å². The molecule has 2 heterocycles. The van der Waals surface area contributed by atoms with Crippen molar-refractivity contribution in [2.75, 3.05) is 31.7 Å². The Balaban J connectivity index is 2.14. The third-order valence-corrected chi connectivity index (χ3v) is 3.43. The maximum absolute atomic E-state index is 11.2. The Hall–Kier alpha value is -1.33. The summed E-state index contributed by atoms with van der Waals surface area (Å²) in [6.07, 6.45) is 2.14. The molecule has 0 aliphatic carbocycles. The Kier molecular flexibility index (Phi) is 4.61. The van der Waals surface area contributed by atoms with Gasteiger partial charge in [-0.3, -0.25) is 0 Å². The van der Waals surface area contributed by atoms with Crippen molar-refractivity contribution in [3.63, 3.8) is 0 Å². The van der Waals surface area contributed by atoms with Gasteiger partial charge in [-0.1, -0.05) is 11.6 Å². The molecule has 1 aromatic heterocycles. The summed E-state index contributed by atoms with van der Waals surface area (Å²) in [5.74, 6) is -0.183. The molecule has 0 radical (unpaired) electrons. The van der Waals surface area contributed by atoms with Crippen LogP contribution in [0.1, 0.15) is 23.2 Å². The number of hydrogen-bond donors (Lipinski definition) is 1. The summed E-state index contributed by atoms with van der Waals surface area (Å²) in [7, 11) is 1.83. The summed E-state index contributed by atoms with van der Waals surface area (Å²) in [6.45, 7) is 2.25. The van der Waals surface area contributed by atoms with Gasteiger partial charge in [0.2, 0.25) is 0 Å². The molecule has 2 rings (SSSR count). The highest BCUT2D eigenvalue weighted by molar-refractivity contribution is 6.29. The van der Waals surface area contributed by atoms with E-state index in [4.69, 9.17) is 16.3 Å². The first-order valence-corrected chi connectivity index (χ1v) is 6.64. The van der Waals surface area contributed by atoms with Crippen LogP contribution in [0.4, 0.5) is 5.82 Å². The minimum atomic E-state index is -0.995. The predicted octanol–water partition coefficient (Wildman–Crippen LogP) is 2.30. The monoisotopic (exact) mass is 284 g/mol. The first kappa shape index (κ1) is 14.1. The summed E-state index contributed by atoms with van der Waals surface area (Å²) in [4.78, 5) is 17.2. The molecule has 1 N–H and O–H groups in total. The second kappa shape index (κ2) is 6.21. The SMILES string of the molecule is CN(CC1CCCOC1)c1nc(Cl)ccc1C(=O)O. The van der Waals surface area contributed by atoms with Crippen LogP contribution in [0.5, 0.6) is 0 Å². The third kappa shape index (κ3) is 3.58. The molecule has 1 saturated heterocycles. The molecule has 0 aromatic carbocycles. The highest BCUT2D eigenvalue weighted by Gasteiger charge is 2.20. The minimum Gasteiger partial charge on any atom is -0.478 e. The van der Waals surface area contributed by atoms with Crippen molar-refractivity contribution in [1.29, 1.82) is 0 Å². The normalized spacial score (nSPS) is 19.2. The Labute approximate surface area is 117 Å². The number of carbonyl (C=O) groups is 1. The van der Waals surface area contributed by atoms with E-state index in [9.17, 15) is 9.90 Å². The number of carboxylic acid groups (broad SMARTS) is 1. The van der Waals surface area contributed by atoms with Gasteiger partial charge in [-0.05, 0) is 30.9 Å². The van der Waals surface area contributed by atoms with Gasteiger partial charge in [0.1, 0.15) is 16.5 Å². The molecular weight excluding hydrogens is 268 g/mol. The van der Waals surface area contributed by atoms with Gasteiger partial charge in [-0.15, -0.1) is 0 Å². The molecule has 0 saturated carbocycles. The second-order valence-corrected chi connectivity index (χ2v) is 5.16. The van der Waals surface area contributed by atoms with Gasteiger partial charge < -0.3 is 14.7 Å². The van der Waals surface area contributed by atoms with E-state index in [1.807, 2.05) is 11.9 Å². The van der Waals surface area contributed by atoms with E-state index in [-0.39, 0.29) is 5.56 Å². The first-order chi connectivity index (χ1) is 9.08. The molecule has 1 fully saturated rings. The zero-order chi connectivity index (χ0) is 13.8. The zero-order valence-corrected chi connectivity index (χ0v) is 11.6.